The standard InChI is InChI=1S/C13H11N3OS/c17-10(7-13-14-5-6-18-13)8-16-9-15-11-3-1-2-4-12(11)16/h1-6,9H,7-8H2. The van der Waals surface area contributed by atoms with Gasteiger partial charge in [0.2, 0.25) is 0 Å². The molecule has 5 heteroatoms. The average molecular weight is 257 g/mol. The van der Waals surface area contributed by atoms with Gasteiger partial charge < -0.3 is 4.57 Å². The summed E-state index contributed by atoms with van der Waals surface area (Å²) in [5.41, 5.74) is 1.91. The highest BCUT2D eigenvalue weighted by atomic mass is 32.1. The van der Waals surface area contributed by atoms with Crippen LogP contribution in [0.25, 0.3) is 11.0 Å². The third-order valence-corrected chi connectivity index (χ3v) is 3.49. The number of thiazole rings is 1. The zero-order valence-corrected chi connectivity index (χ0v) is 10.4. The van der Waals surface area contributed by atoms with Crippen LogP contribution in [0.3, 0.4) is 0 Å². The SMILES string of the molecule is O=C(Cc1nccs1)Cn1cnc2ccccc21. The van der Waals surface area contributed by atoms with Gasteiger partial charge in [-0.05, 0) is 12.1 Å². The van der Waals surface area contributed by atoms with Crippen molar-refractivity contribution in [3.63, 3.8) is 0 Å². The van der Waals surface area contributed by atoms with Crippen LogP contribution in [-0.4, -0.2) is 20.3 Å². The maximum absolute atomic E-state index is 11.9. The molecule has 0 bridgehead atoms. The van der Waals surface area contributed by atoms with Crippen LogP contribution < -0.4 is 0 Å². The Labute approximate surface area is 108 Å². The van der Waals surface area contributed by atoms with E-state index in [-0.39, 0.29) is 5.78 Å². The molecule has 0 N–H and O–H groups in total. The number of nitrogens with zero attached hydrogens (tertiary/aromatic N) is 3. The van der Waals surface area contributed by atoms with Gasteiger partial charge in [0.05, 0.1) is 35.3 Å². The number of imidazole rings is 1. The normalized spacial score (nSPS) is 10.9. The van der Waals surface area contributed by atoms with Gasteiger partial charge in [0.1, 0.15) is 0 Å². The van der Waals surface area contributed by atoms with Gasteiger partial charge in [-0.25, -0.2) is 9.97 Å². The summed E-state index contributed by atoms with van der Waals surface area (Å²) >= 11 is 1.51. The largest absolute Gasteiger partial charge is 0.323 e. The number of Topliss-reactive ketones (excluding diaryl/α,β-unsaturated/α-hetero) is 1. The van der Waals surface area contributed by atoms with Crippen molar-refractivity contribution >= 4 is 28.2 Å². The molecule has 0 saturated heterocycles. The number of ketones is 1. The van der Waals surface area contributed by atoms with Gasteiger partial charge in [-0.3, -0.25) is 4.79 Å². The Morgan fingerprint density at radius 3 is 3.00 bits per heavy atom. The molecule has 2 heterocycles. The molecular formula is C13H11N3OS. The Hall–Kier alpha value is -2.01. The van der Waals surface area contributed by atoms with Gasteiger partial charge in [0.25, 0.3) is 0 Å². The first kappa shape index (κ1) is 11.1. The second-order valence-electron chi connectivity index (χ2n) is 4.00. The van der Waals surface area contributed by atoms with Crippen molar-refractivity contribution in [1.82, 2.24) is 14.5 Å². The Balaban J connectivity index is 1.78. The second-order valence-corrected chi connectivity index (χ2v) is 4.98. The smallest absolute Gasteiger partial charge is 0.159 e. The first-order chi connectivity index (χ1) is 8.83. The van der Waals surface area contributed by atoms with Gasteiger partial charge in [-0.15, -0.1) is 11.3 Å². The predicted octanol–water partition coefficient (Wildman–Crippen LogP) is 2.30. The molecule has 4 nitrogen and oxygen atoms in total. The monoisotopic (exact) mass is 257 g/mol. The van der Waals surface area contributed by atoms with Crippen LogP contribution in [0.1, 0.15) is 5.01 Å². The number of rotatable bonds is 4. The molecule has 0 radical (unpaired) electrons. The molecule has 0 saturated carbocycles. The van der Waals surface area contributed by atoms with Crippen molar-refractivity contribution < 1.29 is 4.79 Å². The van der Waals surface area contributed by atoms with Crippen LogP contribution >= 0.6 is 11.3 Å². The van der Waals surface area contributed by atoms with E-state index in [4.69, 9.17) is 0 Å². The van der Waals surface area contributed by atoms with Gasteiger partial charge in [0.15, 0.2) is 5.78 Å². The lowest BCUT2D eigenvalue weighted by molar-refractivity contribution is -0.118. The number of hydrogen-bond acceptors (Lipinski definition) is 4. The van der Waals surface area contributed by atoms with Gasteiger partial charge >= 0.3 is 0 Å². The van der Waals surface area contributed by atoms with E-state index in [0.717, 1.165) is 16.0 Å². The molecule has 3 aromatic rings. The molecule has 0 aliphatic rings. The van der Waals surface area contributed by atoms with Crippen molar-refractivity contribution in [3.8, 4) is 0 Å². The summed E-state index contributed by atoms with van der Waals surface area (Å²) in [5, 5.41) is 2.75. The summed E-state index contributed by atoms with van der Waals surface area (Å²) < 4.78 is 1.88. The highest BCUT2D eigenvalue weighted by Crippen LogP contribution is 2.12. The molecule has 0 unspecified atom stereocenters. The molecular weight excluding hydrogens is 246 g/mol. The van der Waals surface area contributed by atoms with Gasteiger partial charge in [-0.1, -0.05) is 12.1 Å². The fourth-order valence-corrected chi connectivity index (χ4v) is 2.54. The Morgan fingerprint density at radius 1 is 1.28 bits per heavy atom. The molecule has 0 aliphatic heterocycles. The van der Waals surface area contributed by atoms with Crippen molar-refractivity contribution in [1.29, 1.82) is 0 Å². The van der Waals surface area contributed by atoms with Crippen molar-refractivity contribution in [2.75, 3.05) is 0 Å². The average Bonchev–Trinajstić information content (AvgIpc) is 3.00. The first-order valence-electron chi connectivity index (χ1n) is 5.63. The number of fused-ring (bicyclic) bond motifs is 1. The summed E-state index contributed by atoms with van der Waals surface area (Å²) in [6, 6.07) is 7.80. The molecule has 0 amide bonds. The minimum atomic E-state index is 0.146. The first-order valence-corrected chi connectivity index (χ1v) is 6.51. The molecule has 1 aromatic carbocycles. The van der Waals surface area contributed by atoms with E-state index in [1.165, 1.54) is 11.3 Å². The van der Waals surface area contributed by atoms with E-state index in [1.54, 1.807) is 12.5 Å². The zero-order valence-electron chi connectivity index (χ0n) is 9.61. The third-order valence-electron chi connectivity index (χ3n) is 2.71. The number of benzene rings is 1. The molecule has 3 rings (SSSR count). The minimum absolute atomic E-state index is 0.146. The summed E-state index contributed by atoms with van der Waals surface area (Å²) in [5.74, 6) is 0.146. The molecule has 90 valence electrons. The Morgan fingerprint density at radius 2 is 2.17 bits per heavy atom. The lowest BCUT2D eigenvalue weighted by Gasteiger charge is -2.02. The van der Waals surface area contributed by atoms with E-state index in [2.05, 4.69) is 9.97 Å². The number of carbonyl (C=O) groups is 1. The molecule has 0 fully saturated rings. The lowest BCUT2D eigenvalue weighted by Crippen LogP contribution is -2.11. The Kier molecular flexibility index (Phi) is 2.90. The minimum Gasteiger partial charge on any atom is -0.323 e. The fraction of sp³-hybridized carbons (Fsp3) is 0.154. The third kappa shape index (κ3) is 2.17. The van der Waals surface area contributed by atoms with Gasteiger partial charge in [0, 0.05) is 11.6 Å². The number of aromatic nitrogens is 3. The second kappa shape index (κ2) is 4.70. The van der Waals surface area contributed by atoms with Crippen LogP contribution in [-0.2, 0) is 17.8 Å². The summed E-state index contributed by atoms with van der Waals surface area (Å²) in [7, 11) is 0. The maximum Gasteiger partial charge on any atom is 0.159 e. The highest BCUT2D eigenvalue weighted by Gasteiger charge is 2.09. The van der Waals surface area contributed by atoms with E-state index in [9.17, 15) is 4.79 Å². The summed E-state index contributed by atoms with van der Waals surface area (Å²) in [4.78, 5) is 20.3. The van der Waals surface area contributed by atoms with Crippen molar-refractivity contribution in [3.05, 3.63) is 47.2 Å². The summed E-state index contributed by atoms with van der Waals surface area (Å²) in [6.07, 6.45) is 3.83. The number of hydrogen-bond donors (Lipinski definition) is 0. The predicted molar refractivity (Wildman–Crippen MR) is 70.6 cm³/mol. The van der Waals surface area contributed by atoms with Crippen LogP contribution in [0.5, 0.6) is 0 Å². The Bertz CT molecular complexity index is 672. The van der Waals surface area contributed by atoms with Crippen LogP contribution in [0.15, 0.2) is 42.2 Å². The topological polar surface area (TPSA) is 47.8 Å². The number of para-hydroxylation sites is 2. The van der Waals surface area contributed by atoms with E-state index < -0.39 is 0 Å². The lowest BCUT2D eigenvalue weighted by atomic mass is 10.2. The molecule has 0 atom stereocenters. The van der Waals surface area contributed by atoms with Crippen molar-refractivity contribution in [2.24, 2.45) is 0 Å². The number of carbonyl (C=O) groups excluding carboxylic acids is 1. The molecule has 2 aromatic heterocycles. The quantitative estimate of drug-likeness (QED) is 0.720. The van der Waals surface area contributed by atoms with Crippen LogP contribution in [0.4, 0.5) is 0 Å². The van der Waals surface area contributed by atoms with E-state index in [1.807, 2.05) is 34.2 Å². The molecule has 18 heavy (non-hydrogen) atoms. The molecule has 0 aliphatic carbocycles. The maximum atomic E-state index is 11.9. The van der Waals surface area contributed by atoms with Crippen LogP contribution in [0.2, 0.25) is 0 Å². The van der Waals surface area contributed by atoms with E-state index in [0.29, 0.717) is 13.0 Å². The van der Waals surface area contributed by atoms with Gasteiger partial charge in [-0.2, -0.15) is 0 Å². The zero-order chi connectivity index (χ0) is 12.4. The fourth-order valence-electron chi connectivity index (χ4n) is 1.89. The molecule has 0 spiro atoms. The summed E-state index contributed by atoms with van der Waals surface area (Å²) in [6.45, 7) is 0.347. The van der Waals surface area contributed by atoms with E-state index >= 15 is 0 Å². The van der Waals surface area contributed by atoms with Crippen molar-refractivity contribution in [2.45, 2.75) is 13.0 Å². The highest BCUT2D eigenvalue weighted by molar-refractivity contribution is 7.09. The van der Waals surface area contributed by atoms with Crippen LogP contribution in [0, 0.1) is 0 Å².